The van der Waals surface area contributed by atoms with E-state index in [-0.39, 0.29) is 12.0 Å². The predicted molar refractivity (Wildman–Crippen MR) is 105 cm³/mol. The van der Waals surface area contributed by atoms with Crippen molar-refractivity contribution in [3.05, 3.63) is 41.9 Å². The van der Waals surface area contributed by atoms with E-state index in [1.807, 2.05) is 50.1 Å². The second kappa shape index (κ2) is 9.17. The van der Waals surface area contributed by atoms with Crippen molar-refractivity contribution in [1.82, 2.24) is 9.97 Å². The van der Waals surface area contributed by atoms with E-state index in [9.17, 15) is 4.79 Å². The fourth-order valence-corrected chi connectivity index (χ4v) is 2.46. The maximum atomic E-state index is 12.6. The van der Waals surface area contributed by atoms with Crippen molar-refractivity contribution in [2.45, 2.75) is 46.6 Å². The van der Waals surface area contributed by atoms with Crippen LogP contribution in [0.25, 0.3) is 0 Å². The summed E-state index contributed by atoms with van der Waals surface area (Å²) in [5.74, 6) is 1.86. The van der Waals surface area contributed by atoms with Gasteiger partial charge in [0.15, 0.2) is 0 Å². The minimum atomic E-state index is -0.252. The first kappa shape index (κ1) is 19.7. The van der Waals surface area contributed by atoms with Crippen LogP contribution in [0.5, 0.6) is 5.75 Å². The van der Waals surface area contributed by atoms with Gasteiger partial charge in [0, 0.05) is 25.3 Å². The minimum absolute atomic E-state index is 0.113. The van der Waals surface area contributed by atoms with Crippen molar-refractivity contribution in [2.24, 2.45) is 0 Å². The third-order valence-corrected chi connectivity index (χ3v) is 3.78. The number of aryl methyl sites for hydroxylation is 1. The molecule has 0 bridgehead atoms. The molecule has 0 radical (unpaired) electrons. The molecule has 0 aliphatic heterocycles. The van der Waals surface area contributed by atoms with Crippen LogP contribution in [-0.4, -0.2) is 35.6 Å². The summed E-state index contributed by atoms with van der Waals surface area (Å²) in [6.07, 6.45) is 2.30. The van der Waals surface area contributed by atoms with Crippen LogP contribution >= 0.6 is 0 Å². The molecule has 2 aromatic rings. The molecule has 6 nitrogen and oxygen atoms in total. The Hall–Kier alpha value is -2.63. The minimum Gasteiger partial charge on any atom is -0.491 e. The van der Waals surface area contributed by atoms with E-state index in [0.717, 1.165) is 31.0 Å². The van der Waals surface area contributed by atoms with Gasteiger partial charge in [0.1, 0.15) is 23.1 Å². The first-order valence-electron chi connectivity index (χ1n) is 9.04. The number of ether oxygens (including phenoxy) is 1. The topological polar surface area (TPSA) is 67.4 Å². The maximum absolute atomic E-state index is 12.6. The number of nitrogens with zero attached hydrogens (tertiary/aromatic N) is 3. The van der Waals surface area contributed by atoms with Gasteiger partial charge in [-0.25, -0.2) is 9.97 Å². The van der Waals surface area contributed by atoms with E-state index in [4.69, 9.17) is 4.74 Å². The molecule has 6 heteroatoms. The highest BCUT2D eigenvalue weighted by Gasteiger charge is 2.13. The third-order valence-electron chi connectivity index (χ3n) is 3.78. The van der Waals surface area contributed by atoms with Gasteiger partial charge >= 0.3 is 0 Å². The predicted octanol–water partition coefficient (Wildman–Crippen LogP) is 4.06. The van der Waals surface area contributed by atoms with Gasteiger partial charge in [0.25, 0.3) is 5.91 Å². The monoisotopic (exact) mass is 356 g/mol. The third kappa shape index (κ3) is 5.72. The van der Waals surface area contributed by atoms with Crippen molar-refractivity contribution in [1.29, 1.82) is 0 Å². The van der Waals surface area contributed by atoms with Crippen LogP contribution in [0.1, 0.15) is 49.9 Å². The second-order valence-corrected chi connectivity index (χ2v) is 6.58. The average molecular weight is 356 g/mol. The summed E-state index contributed by atoms with van der Waals surface area (Å²) < 4.78 is 5.61. The molecule has 0 saturated carbocycles. The lowest BCUT2D eigenvalue weighted by Gasteiger charge is -2.18. The summed E-state index contributed by atoms with van der Waals surface area (Å²) in [6, 6.07) is 9.04. The van der Waals surface area contributed by atoms with E-state index in [1.165, 1.54) is 0 Å². The number of unbranched alkanes of at least 4 members (excludes halogenated alkanes) is 1. The maximum Gasteiger partial charge on any atom is 0.274 e. The van der Waals surface area contributed by atoms with Gasteiger partial charge in [-0.15, -0.1) is 0 Å². The normalized spacial score (nSPS) is 10.7. The van der Waals surface area contributed by atoms with Crippen molar-refractivity contribution in [2.75, 3.05) is 23.8 Å². The van der Waals surface area contributed by atoms with Crippen molar-refractivity contribution < 1.29 is 9.53 Å². The molecule has 0 aliphatic carbocycles. The molecule has 1 aromatic carbocycles. The average Bonchev–Trinajstić information content (AvgIpc) is 2.60. The zero-order chi connectivity index (χ0) is 19.1. The van der Waals surface area contributed by atoms with E-state index in [0.29, 0.717) is 17.2 Å². The molecule has 0 saturated heterocycles. The Morgan fingerprint density at radius 2 is 1.92 bits per heavy atom. The van der Waals surface area contributed by atoms with Gasteiger partial charge in [-0.2, -0.15) is 0 Å². The number of carbonyl (C=O) groups is 1. The Balaban J connectivity index is 2.10. The lowest BCUT2D eigenvalue weighted by Crippen LogP contribution is -2.22. The molecule has 2 rings (SSSR count). The van der Waals surface area contributed by atoms with E-state index >= 15 is 0 Å². The number of rotatable bonds is 8. The molecule has 140 valence electrons. The molecular formula is C20H28N4O2. The molecule has 0 aliphatic rings. The fraction of sp³-hybridized carbons (Fsp3) is 0.450. The molecule has 0 unspecified atom stereocenters. The summed E-state index contributed by atoms with van der Waals surface area (Å²) in [5, 5.41) is 2.87. The van der Waals surface area contributed by atoms with Gasteiger partial charge < -0.3 is 15.0 Å². The first-order chi connectivity index (χ1) is 12.4. The highest BCUT2D eigenvalue weighted by molar-refractivity contribution is 6.03. The largest absolute Gasteiger partial charge is 0.491 e. The molecule has 26 heavy (non-hydrogen) atoms. The number of amides is 1. The van der Waals surface area contributed by atoms with Crippen LogP contribution in [0.4, 0.5) is 11.5 Å². The standard InChI is InChI=1S/C20H28N4O2/c1-6-7-12-24(5)19-13-18(21-15(4)22-19)20(25)23-16-8-10-17(11-9-16)26-14(2)3/h8-11,13-14H,6-7,12H2,1-5H3,(H,23,25). The molecule has 1 aromatic heterocycles. The van der Waals surface area contributed by atoms with Crippen LogP contribution in [0, 0.1) is 6.92 Å². The van der Waals surface area contributed by atoms with Gasteiger partial charge in [-0.1, -0.05) is 13.3 Å². The van der Waals surface area contributed by atoms with Crippen molar-refractivity contribution in [3.63, 3.8) is 0 Å². The fourth-order valence-electron chi connectivity index (χ4n) is 2.46. The quantitative estimate of drug-likeness (QED) is 0.772. The lowest BCUT2D eigenvalue weighted by atomic mass is 10.2. The zero-order valence-corrected chi connectivity index (χ0v) is 16.2. The van der Waals surface area contributed by atoms with Crippen LogP contribution in [0.2, 0.25) is 0 Å². The summed E-state index contributed by atoms with van der Waals surface area (Å²) in [5.41, 5.74) is 1.06. The molecule has 0 spiro atoms. The number of aromatic nitrogens is 2. The van der Waals surface area contributed by atoms with E-state index in [1.54, 1.807) is 13.0 Å². The number of carbonyl (C=O) groups excluding carboxylic acids is 1. The second-order valence-electron chi connectivity index (χ2n) is 6.58. The van der Waals surface area contributed by atoms with Crippen LogP contribution in [-0.2, 0) is 0 Å². The molecule has 0 atom stereocenters. The van der Waals surface area contributed by atoms with Gasteiger partial charge in [-0.05, 0) is 51.5 Å². The van der Waals surface area contributed by atoms with Crippen LogP contribution in [0.15, 0.2) is 30.3 Å². The SMILES string of the molecule is CCCCN(C)c1cc(C(=O)Nc2ccc(OC(C)C)cc2)nc(C)n1. The van der Waals surface area contributed by atoms with Crippen molar-refractivity contribution >= 4 is 17.4 Å². The van der Waals surface area contributed by atoms with E-state index in [2.05, 4.69) is 22.2 Å². The number of hydrogen-bond donors (Lipinski definition) is 1. The molecular weight excluding hydrogens is 328 g/mol. The highest BCUT2D eigenvalue weighted by Crippen LogP contribution is 2.18. The summed E-state index contributed by atoms with van der Waals surface area (Å²) >= 11 is 0. The molecule has 1 N–H and O–H groups in total. The summed E-state index contributed by atoms with van der Waals surface area (Å²) in [4.78, 5) is 23.3. The van der Waals surface area contributed by atoms with Gasteiger partial charge in [-0.3, -0.25) is 4.79 Å². The van der Waals surface area contributed by atoms with Crippen LogP contribution < -0.4 is 15.0 Å². The summed E-state index contributed by atoms with van der Waals surface area (Å²) in [6.45, 7) is 8.79. The molecule has 1 amide bonds. The van der Waals surface area contributed by atoms with Gasteiger partial charge in [0.2, 0.25) is 0 Å². The smallest absolute Gasteiger partial charge is 0.274 e. The Labute approximate surface area is 155 Å². The summed E-state index contributed by atoms with van der Waals surface area (Å²) in [7, 11) is 1.98. The Morgan fingerprint density at radius 1 is 1.23 bits per heavy atom. The van der Waals surface area contributed by atoms with E-state index < -0.39 is 0 Å². The highest BCUT2D eigenvalue weighted by atomic mass is 16.5. The molecule has 1 heterocycles. The Bertz CT molecular complexity index is 729. The Kier molecular flexibility index (Phi) is 6.95. The molecule has 0 fully saturated rings. The van der Waals surface area contributed by atoms with Crippen molar-refractivity contribution in [3.8, 4) is 5.75 Å². The lowest BCUT2D eigenvalue weighted by molar-refractivity contribution is 0.102. The van der Waals surface area contributed by atoms with Gasteiger partial charge in [0.05, 0.1) is 6.10 Å². The zero-order valence-electron chi connectivity index (χ0n) is 16.2. The first-order valence-corrected chi connectivity index (χ1v) is 9.04. The Morgan fingerprint density at radius 3 is 2.54 bits per heavy atom. The number of hydrogen-bond acceptors (Lipinski definition) is 5. The number of anilines is 2. The number of benzene rings is 1. The number of nitrogens with one attached hydrogen (secondary N) is 1. The van der Waals surface area contributed by atoms with Crippen LogP contribution in [0.3, 0.4) is 0 Å².